The molecule has 0 spiro atoms. The normalized spacial score (nSPS) is 50.5. The van der Waals surface area contributed by atoms with E-state index in [2.05, 4.69) is 20.8 Å². The van der Waals surface area contributed by atoms with Crippen LogP contribution in [0.1, 0.15) is 85.5 Å². The Kier molecular flexibility index (Phi) is 4.51. The van der Waals surface area contributed by atoms with Crippen LogP contribution in [0.15, 0.2) is 0 Å². The van der Waals surface area contributed by atoms with E-state index in [4.69, 9.17) is 4.74 Å². The predicted octanol–water partition coefficient (Wildman–Crippen LogP) is 5.17. The van der Waals surface area contributed by atoms with Gasteiger partial charge in [0.05, 0.1) is 0 Å². The second kappa shape index (κ2) is 6.34. The number of esters is 1. The maximum Gasteiger partial charge on any atom is 0.305 e. The summed E-state index contributed by atoms with van der Waals surface area (Å²) < 4.78 is 5.95. The van der Waals surface area contributed by atoms with E-state index in [9.17, 15) is 9.59 Å². The van der Waals surface area contributed by atoms with Crippen molar-refractivity contribution in [1.29, 1.82) is 0 Å². The van der Waals surface area contributed by atoms with E-state index < -0.39 is 0 Å². The number of ketones is 1. The molecule has 0 aromatic rings. The molecule has 3 heteroatoms. The van der Waals surface area contributed by atoms with Crippen LogP contribution in [0.3, 0.4) is 0 Å². The van der Waals surface area contributed by atoms with Gasteiger partial charge < -0.3 is 4.74 Å². The van der Waals surface area contributed by atoms with Crippen molar-refractivity contribution in [3.63, 3.8) is 0 Å². The maximum absolute atomic E-state index is 12.0. The summed E-state index contributed by atoms with van der Waals surface area (Å²) in [6.07, 6.45) is 9.28. The van der Waals surface area contributed by atoms with Crippen LogP contribution in [0.4, 0.5) is 0 Å². The molecule has 0 heterocycles. The van der Waals surface area contributed by atoms with Gasteiger partial charge in [-0.1, -0.05) is 27.7 Å². The number of carbonyl (C=O) groups excluding carboxylic acids is 2. The predicted molar refractivity (Wildman–Crippen MR) is 101 cm³/mol. The highest BCUT2D eigenvalue weighted by molar-refractivity contribution is 5.79. The van der Waals surface area contributed by atoms with Gasteiger partial charge in [0.15, 0.2) is 0 Å². The van der Waals surface area contributed by atoms with Gasteiger partial charge in [0.2, 0.25) is 0 Å². The van der Waals surface area contributed by atoms with E-state index in [-0.39, 0.29) is 17.5 Å². The number of Topliss-reactive ketones (excluding diaryl/α,β-unsaturated/α-hetero) is 1. The Morgan fingerprint density at radius 1 is 1.15 bits per heavy atom. The zero-order chi connectivity index (χ0) is 18.7. The number of ether oxygens (including phenoxy) is 1. The van der Waals surface area contributed by atoms with Crippen LogP contribution in [0.2, 0.25) is 0 Å². The molecule has 0 aromatic heterocycles. The zero-order valence-electron chi connectivity index (χ0n) is 17.1. The molecule has 0 radical (unpaired) electrons. The highest BCUT2D eigenvalue weighted by atomic mass is 16.5. The largest absolute Gasteiger partial charge is 0.462 e. The number of hydrogen-bond acceptors (Lipinski definition) is 3. The van der Waals surface area contributed by atoms with Gasteiger partial charge >= 0.3 is 5.97 Å². The molecule has 146 valence electrons. The van der Waals surface area contributed by atoms with E-state index >= 15 is 0 Å². The first kappa shape index (κ1) is 18.5. The average Bonchev–Trinajstić information content (AvgIpc) is 2.86. The van der Waals surface area contributed by atoms with E-state index in [0.717, 1.165) is 37.5 Å². The molecule has 0 aliphatic heterocycles. The highest BCUT2D eigenvalue weighted by Gasteiger charge is 2.62. The van der Waals surface area contributed by atoms with Gasteiger partial charge in [0.25, 0.3) is 0 Å². The Hall–Kier alpha value is -0.860. The van der Waals surface area contributed by atoms with Gasteiger partial charge in [-0.3, -0.25) is 9.59 Å². The molecule has 4 fully saturated rings. The van der Waals surface area contributed by atoms with Crippen LogP contribution in [0.5, 0.6) is 0 Å². The smallest absolute Gasteiger partial charge is 0.305 e. The molecule has 0 aromatic carbocycles. The van der Waals surface area contributed by atoms with Gasteiger partial charge in [-0.25, -0.2) is 0 Å². The molecule has 8 atom stereocenters. The van der Waals surface area contributed by atoms with Gasteiger partial charge in [-0.15, -0.1) is 0 Å². The van der Waals surface area contributed by atoms with Crippen molar-refractivity contribution < 1.29 is 14.3 Å². The van der Waals surface area contributed by atoms with Gasteiger partial charge in [0.1, 0.15) is 11.9 Å². The maximum atomic E-state index is 12.0. The third-order valence-corrected chi connectivity index (χ3v) is 9.28. The molecular formula is C23H36O3. The van der Waals surface area contributed by atoms with Crippen molar-refractivity contribution in [2.24, 2.45) is 40.4 Å². The van der Waals surface area contributed by atoms with Crippen molar-refractivity contribution in [1.82, 2.24) is 0 Å². The molecule has 4 aliphatic rings. The zero-order valence-corrected chi connectivity index (χ0v) is 17.1. The number of fused-ring (bicyclic) bond motifs is 5. The van der Waals surface area contributed by atoms with Crippen LogP contribution in [-0.4, -0.2) is 17.9 Å². The van der Waals surface area contributed by atoms with Crippen LogP contribution >= 0.6 is 0 Å². The average molecular weight is 361 g/mol. The van der Waals surface area contributed by atoms with Crippen molar-refractivity contribution in [3.8, 4) is 0 Å². The molecular weight excluding hydrogens is 324 g/mol. The Labute approximate surface area is 158 Å². The minimum absolute atomic E-state index is 0.0346. The lowest BCUT2D eigenvalue weighted by atomic mass is 9.44. The Bertz CT molecular complexity index is 598. The quantitative estimate of drug-likeness (QED) is 0.638. The summed E-state index contributed by atoms with van der Waals surface area (Å²) in [6, 6.07) is 0. The van der Waals surface area contributed by atoms with Gasteiger partial charge in [-0.2, -0.15) is 0 Å². The molecule has 0 N–H and O–H groups in total. The first-order valence-corrected chi connectivity index (χ1v) is 11.0. The second-order valence-electron chi connectivity index (χ2n) is 10.4. The van der Waals surface area contributed by atoms with Crippen LogP contribution in [0.25, 0.3) is 0 Å². The fraction of sp³-hybridized carbons (Fsp3) is 0.913. The van der Waals surface area contributed by atoms with Crippen molar-refractivity contribution in [2.45, 2.75) is 91.6 Å². The molecule has 0 saturated heterocycles. The Balaban J connectivity index is 1.60. The lowest BCUT2D eigenvalue weighted by Crippen LogP contribution is -2.55. The summed E-state index contributed by atoms with van der Waals surface area (Å²) in [5.41, 5.74) is 0.509. The topological polar surface area (TPSA) is 43.4 Å². The summed E-state index contributed by atoms with van der Waals surface area (Å²) in [5.74, 6) is 3.89. The molecule has 1 unspecified atom stereocenters. The highest BCUT2D eigenvalue weighted by Crippen LogP contribution is 2.67. The molecule has 4 rings (SSSR count). The lowest BCUT2D eigenvalue weighted by Gasteiger charge is -2.60. The summed E-state index contributed by atoms with van der Waals surface area (Å²) in [7, 11) is 0. The molecule has 0 amide bonds. The Morgan fingerprint density at radius 2 is 1.92 bits per heavy atom. The molecule has 3 nitrogen and oxygen atoms in total. The Morgan fingerprint density at radius 3 is 2.65 bits per heavy atom. The summed E-state index contributed by atoms with van der Waals surface area (Å²) in [4.78, 5) is 24.0. The first-order valence-electron chi connectivity index (χ1n) is 11.0. The summed E-state index contributed by atoms with van der Waals surface area (Å²) in [5, 5.41) is 0. The van der Waals surface area contributed by atoms with E-state index in [1.807, 2.05) is 6.92 Å². The third-order valence-electron chi connectivity index (χ3n) is 9.28. The van der Waals surface area contributed by atoms with Crippen LogP contribution < -0.4 is 0 Å². The fourth-order valence-electron chi connectivity index (χ4n) is 7.95. The minimum Gasteiger partial charge on any atom is -0.462 e. The third kappa shape index (κ3) is 2.59. The van der Waals surface area contributed by atoms with Gasteiger partial charge in [-0.05, 0) is 73.5 Å². The van der Waals surface area contributed by atoms with E-state index in [0.29, 0.717) is 35.4 Å². The standard InChI is InChI=1S/C23H36O3/c1-5-20(25)26-19-12-14(2)21-17-7-6-15-13-16(24)8-10-22(15,3)18(17)9-11-23(19,21)4/h14-15,17-19,21H,5-13H2,1-4H3/t14?,15-,17+,18-,19-,21-,22-,23+/m0/s1. The molecule has 4 saturated carbocycles. The number of carbonyl (C=O) groups is 2. The van der Waals surface area contributed by atoms with Gasteiger partial charge in [0, 0.05) is 24.7 Å². The molecule has 0 bridgehead atoms. The summed E-state index contributed by atoms with van der Waals surface area (Å²) >= 11 is 0. The SMILES string of the molecule is CCC(=O)O[C@H]1CC(C)[C@H]2[C@@H]3CC[C@H]4CC(=O)CC[C@]4(C)[C@H]3CC[C@]12C. The monoisotopic (exact) mass is 360 g/mol. The molecule has 26 heavy (non-hydrogen) atoms. The summed E-state index contributed by atoms with van der Waals surface area (Å²) in [6.45, 7) is 9.19. The van der Waals surface area contributed by atoms with Crippen molar-refractivity contribution >= 4 is 11.8 Å². The number of hydrogen-bond donors (Lipinski definition) is 0. The van der Waals surface area contributed by atoms with Crippen molar-refractivity contribution in [3.05, 3.63) is 0 Å². The van der Waals surface area contributed by atoms with Crippen LogP contribution in [-0.2, 0) is 14.3 Å². The number of rotatable bonds is 2. The van der Waals surface area contributed by atoms with E-state index in [1.165, 1.54) is 25.7 Å². The molecule has 4 aliphatic carbocycles. The minimum atomic E-state index is -0.0346. The van der Waals surface area contributed by atoms with Crippen molar-refractivity contribution in [2.75, 3.05) is 0 Å². The fourth-order valence-corrected chi connectivity index (χ4v) is 7.95. The lowest BCUT2D eigenvalue weighted by molar-refractivity contribution is -0.164. The van der Waals surface area contributed by atoms with E-state index in [1.54, 1.807) is 0 Å². The second-order valence-corrected chi connectivity index (χ2v) is 10.4. The van der Waals surface area contributed by atoms with Crippen LogP contribution in [0, 0.1) is 40.4 Å². The first-order chi connectivity index (χ1) is 12.3.